The van der Waals surface area contributed by atoms with Crippen LogP contribution in [0, 0.1) is 0 Å². The van der Waals surface area contributed by atoms with Gasteiger partial charge in [0.05, 0.1) is 19.3 Å². The lowest BCUT2D eigenvalue weighted by atomic mass is 10.2. The van der Waals surface area contributed by atoms with E-state index >= 15 is 0 Å². The molecule has 0 heterocycles. The molecule has 2 aromatic carbocycles. The first-order valence-electron chi connectivity index (χ1n) is 7.82. The highest BCUT2D eigenvalue weighted by Crippen LogP contribution is 2.28. The monoisotopic (exact) mass is 426 g/mol. The predicted octanol–water partition coefficient (Wildman–Crippen LogP) is 4.77. The van der Waals surface area contributed by atoms with Crippen molar-refractivity contribution in [3.63, 3.8) is 0 Å². The van der Waals surface area contributed by atoms with Crippen LogP contribution in [0.3, 0.4) is 0 Å². The van der Waals surface area contributed by atoms with Gasteiger partial charge in [0, 0.05) is 33.8 Å². The zero-order valence-electron chi connectivity index (χ0n) is 14.6. The largest absolute Gasteiger partial charge is 0.495 e. The number of halogens is 3. The molecule has 2 amide bonds. The topological polar surface area (TPSA) is 58.6 Å². The number of carbonyl (C=O) groups is 2. The Labute approximate surface area is 172 Å². The summed E-state index contributed by atoms with van der Waals surface area (Å²) < 4.78 is 5.17. The van der Waals surface area contributed by atoms with Gasteiger partial charge in [-0.2, -0.15) is 0 Å². The average molecular weight is 428 g/mol. The molecule has 0 spiro atoms. The van der Waals surface area contributed by atoms with E-state index in [1.165, 1.54) is 31.2 Å². The van der Waals surface area contributed by atoms with Gasteiger partial charge in [-0.3, -0.25) is 9.59 Å². The summed E-state index contributed by atoms with van der Waals surface area (Å²) in [5.74, 6) is -0.301. The predicted molar refractivity (Wildman–Crippen MR) is 110 cm³/mol. The first-order chi connectivity index (χ1) is 12.8. The smallest absolute Gasteiger partial charge is 0.246 e. The molecule has 1 N–H and O–H groups in total. The van der Waals surface area contributed by atoms with Crippen molar-refractivity contribution in [3.8, 4) is 5.75 Å². The molecule has 2 aromatic rings. The van der Waals surface area contributed by atoms with Crippen LogP contribution in [0.2, 0.25) is 15.1 Å². The number of nitrogens with zero attached hydrogens (tertiary/aromatic N) is 1. The highest BCUT2D eigenvalue weighted by molar-refractivity contribution is 6.37. The second-order valence-electron chi connectivity index (χ2n) is 5.56. The van der Waals surface area contributed by atoms with Crippen molar-refractivity contribution in [2.24, 2.45) is 0 Å². The van der Waals surface area contributed by atoms with Crippen molar-refractivity contribution >= 4 is 58.4 Å². The van der Waals surface area contributed by atoms with E-state index in [0.717, 1.165) is 0 Å². The minimum absolute atomic E-state index is 0.158. The number of hydrogen-bond donors (Lipinski definition) is 1. The molecular weight excluding hydrogens is 411 g/mol. The van der Waals surface area contributed by atoms with Gasteiger partial charge in [-0.15, -0.1) is 0 Å². The van der Waals surface area contributed by atoms with Gasteiger partial charge in [-0.1, -0.05) is 40.9 Å². The zero-order chi connectivity index (χ0) is 20.0. The highest BCUT2D eigenvalue weighted by atomic mass is 35.5. The molecule has 0 aliphatic carbocycles. The molecule has 142 valence electrons. The van der Waals surface area contributed by atoms with E-state index in [1.807, 2.05) is 0 Å². The average Bonchev–Trinajstić information content (AvgIpc) is 2.61. The van der Waals surface area contributed by atoms with Crippen molar-refractivity contribution in [3.05, 3.63) is 63.1 Å². The molecule has 0 fully saturated rings. The third-order valence-electron chi connectivity index (χ3n) is 3.58. The number of amides is 2. The van der Waals surface area contributed by atoms with Crippen LogP contribution in [0.1, 0.15) is 5.56 Å². The van der Waals surface area contributed by atoms with Crippen LogP contribution in [0.4, 0.5) is 5.69 Å². The number of benzene rings is 2. The summed E-state index contributed by atoms with van der Waals surface area (Å²) in [5, 5.41) is 3.99. The molecule has 0 bridgehead atoms. The van der Waals surface area contributed by atoms with Crippen molar-refractivity contribution in [2.45, 2.75) is 0 Å². The summed E-state index contributed by atoms with van der Waals surface area (Å²) in [5.41, 5.74) is 0.963. The lowest BCUT2D eigenvalue weighted by molar-refractivity contribution is -0.129. The number of nitrogens with one attached hydrogen (secondary N) is 1. The lowest BCUT2D eigenvalue weighted by Crippen LogP contribution is -2.33. The Morgan fingerprint density at radius 3 is 2.44 bits per heavy atom. The second kappa shape index (κ2) is 9.65. The Bertz CT molecular complexity index is 864. The first kappa shape index (κ1) is 21.1. The third-order valence-corrected chi connectivity index (χ3v) is 4.48. The molecule has 0 unspecified atom stereocenters. The Kier molecular flexibility index (Phi) is 7.54. The van der Waals surface area contributed by atoms with Gasteiger partial charge in [0.2, 0.25) is 11.8 Å². The molecule has 0 saturated carbocycles. The molecule has 2 rings (SSSR count). The standard InChI is InChI=1S/C19H17Cl3N2O3/c1-24(19(26)9-7-13-14(21)4-3-5-15(13)22)11-18(25)23-16-10-12(20)6-8-17(16)27-2/h3-10H,11H2,1-2H3,(H,23,25)/b9-7+. The maximum absolute atomic E-state index is 12.2. The van der Waals surface area contributed by atoms with Crippen molar-refractivity contribution in [1.82, 2.24) is 4.90 Å². The van der Waals surface area contributed by atoms with E-state index < -0.39 is 5.91 Å². The highest BCUT2D eigenvalue weighted by Gasteiger charge is 2.13. The van der Waals surface area contributed by atoms with Crippen LogP contribution in [0.15, 0.2) is 42.5 Å². The van der Waals surface area contributed by atoms with E-state index in [4.69, 9.17) is 39.5 Å². The first-order valence-corrected chi connectivity index (χ1v) is 8.95. The Morgan fingerprint density at radius 2 is 1.81 bits per heavy atom. The number of ether oxygens (including phenoxy) is 1. The van der Waals surface area contributed by atoms with E-state index in [9.17, 15) is 9.59 Å². The Balaban J connectivity index is 2.01. The van der Waals surface area contributed by atoms with Crippen molar-refractivity contribution in [1.29, 1.82) is 0 Å². The molecule has 5 nitrogen and oxygen atoms in total. The Morgan fingerprint density at radius 1 is 1.15 bits per heavy atom. The molecule has 27 heavy (non-hydrogen) atoms. The van der Waals surface area contributed by atoms with Crippen LogP contribution >= 0.6 is 34.8 Å². The van der Waals surface area contributed by atoms with Gasteiger partial charge >= 0.3 is 0 Å². The van der Waals surface area contributed by atoms with Gasteiger partial charge in [0.1, 0.15) is 5.75 Å². The van der Waals surface area contributed by atoms with E-state index in [1.54, 1.807) is 36.4 Å². The second-order valence-corrected chi connectivity index (χ2v) is 6.81. The van der Waals surface area contributed by atoms with E-state index in [0.29, 0.717) is 32.1 Å². The maximum Gasteiger partial charge on any atom is 0.246 e. The van der Waals surface area contributed by atoms with Gasteiger partial charge < -0.3 is 15.0 Å². The SMILES string of the molecule is COc1ccc(Cl)cc1NC(=O)CN(C)C(=O)/C=C/c1c(Cl)cccc1Cl. The molecular formula is C19H17Cl3N2O3. The molecule has 0 aromatic heterocycles. The van der Waals surface area contributed by atoms with Gasteiger partial charge in [0.25, 0.3) is 0 Å². The molecule has 0 aliphatic heterocycles. The number of likely N-dealkylation sites (N-methyl/N-ethyl adjacent to an activating group) is 1. The van der Waals surface area contributed by atoms with Crippen LogP contribution in [-0.2, 0) is 9.59 Å². The van der Waals surface area contributed by atoms with Crippen LogP contribution in [0.5, 0.6) is 5.75 Å². The maximum atomic E-state index is 12.2. The molecule has 8 heteroatoms. The minimum Gasteiger partial charge on any atom is -0.495 e. The van der Waals surface area contributed by atoms with Gasteiger partial charge in [-0.05, 0) is 36.4 Å². The normalized spacial score (nSPS) is 10.7. The number of methoxy groups -OCH3 is 1. The molecule has 0 aliphatic rings. The lowest BCUT2D eigenvalue weighted by Gasteiger charge is -2.16. The van der Waals surface area contributed by atoms with Crippen LogP contribution in [-0.4, -0.2) is 37.4 Å². The summed E-state index contributed by atoms with van der Waals surface area (Å²) in [7, 11) is 2.99. The number of rotatable bonds is 6. The van der Waals surface area contributed by atoms with Crippen LogP contribution in [0.25, 0.3) is 6.08 Å². The quantitative estimate of drug-likeness (QED) is 0.676. The van der Waals surface area contributed by atoms with Crippen molar-refractivity contribution < 1.29 is 14.3 Å². The fourth-order valence-electron chi connectivity index (χ4n) is 2.21. The zero-order valence-corrected chi connectivity index (χ0v) is 16.9. The van der Waals surface area contributed by atoms with Crippen molar-refractivity contribution in [2.75, 3.05) is 26.0 Å². The third kappa shape index (κ3) is 5.89. The summed E-state index contributed by atoms with van der Waals surface area (Å²) in [4.78, 5) is 25.7. The fraction of sp³-hybridized carbons (Fsp3) is 0.158. The fourth-order valence-corrected chi connectivity index (χ4v) is 2.91. The van der Waals surface area contributed by atoms with E-state index in [2.05, 4.69) is 5.32 Å². The Hall–Kier alpha value is -2.21. The molecule has 0 atom stereocenters. The molecule has 0 saturated heterocycles. The minimum atomic E-state index is -0.393. The number of hydrogen-bond acceptors (Lipinski definition) is 3. The number of anilines is 1. The van der Waals surface area contributed by atoms with Crippen LogP contribution < -0.4 is 10.1 Å². The number of carbonyl (C=O) groups excluding carboxylic acids is 2. The summed E-state index contributed by atoms with van der Waals surface area (Å²) in [6, 6.07) is 9.92. The summed E-state index contributed by atoms with van der Waals surface area (Å²) >= 11 is 18.1. The van der Waals surface area contributed by atoms with Gasteiger partial charge in [-0.25, -0.2) is 0 Å². The summed E-state index contributed by atoms with van der Waals surface area (Å²) in [6.07, 6.45) is 2.82. The summed E-state index contributed by atoms with van der Waals surface area (Å²) in [6.45, 7) is -0.158. The van der Waals surface area contributed by atoms with E-state index in [-0.39, 0.29) is 12.5 Å². The van der Waals surface area contributed by atoms with Gasteiger partial charge in [0.15, 0.2) is 0 Å². The molecule has 0 radical (unpaired) electrons.